The number of anilines is 1. The first-order chi connectivity index (χ1) is 9.77. The van der Waals surface area contributed by atoms with Gasteiger partial charge in [-0.3, -0.25) is 4.79 Å². The third kappa shape index (κ3) is 3.83. The summed E-state index contributed by atoms with van der Waals surface area (Å²) in [7, 11) is 0. The highest BCUT2D eigenvalue weighted by Crippen LogP contribution is 2.33. The molecule has 1 N–H and O–H groups in total. The van der Waals surface area contributed by atoms with Crippen molar-refractivity contribution < 1.29 is 18.0 Å². The molecule has 2 aromatic rings. The van der Waals surface area contributed by atoms with Crippen LogP contribution in [0.15, 0.2) is 30.3 Å². The number of hydrogen-bond donors (Lipinski definition) is 1. The highest BCUT2D eigenvalue weighted by molar-refractivity contribution is 6.34. The van der Waals surface area contributed by atoms with E-state index in [4.69, 9.17) is 23.2 Å². The molecule has 0 unspecified atom stereocenters. The van der Waals surface area contributed by atoms with Gasteiger partial charge in [0.25, 0.3) is 5.91 Å². The van der Waals surface area contributed by atoms with Gasteiger partial charge in [0.1, 0.15) is 0 Å². The first-order valence-electron chi connectivity index (χ1n) is 5.44. The number of amides is 1. The zero-order valence-electron chi connectivity index (χ0n) is 10.1. The van der Waals surface area contributed by atoms with E-state index in [2.05, 4.69) is 15.5 Å². The van der Waals surface area contributed by atoms with Crippen molar-refractivity contribution in [2.75, 3.05) is 5.32 Å². The molecule has 0 atom stereocenters. The highest BCUT2D eigenvalue weighted by Gasteiger charge is 2.31. The Morgan fingerprint density at radius 3 is 2.38 bits per heavy atom. The summed E-state index contributed by atoms with van der Waals surface area (Å²) in [6, 6.07) is 5.22. The van der Waals surface area contributed by atoms with Gasteiger partial charge in [-0.05, 0) is 30.3 Å². The Kier molecular flexibility index (Phi) is 4.34. The monoisotopic (exact) mass is 335 g/mol. The smallest absolute Gasteiger partial charge is 0.319 e. The molecule has 0 saturated carbocycles. The summed E-state index contributed by atoms with van der Waals surface area (Å²) in [5.74, 6) is -0.750. The van der Waals surface area contributed by atoms with E-state index in [1.165, 1.54) is 12.1 Å². The van der Waals surface area contributed by atoms with Gasteiger partial charge in [0, 0.05) is 0 Å². The predicted molar refractivity (Wildman–Crippen MR) is 71.4 cm³/mol. The molecule has 0 bridgehead atoms. The van der Waals surface area contributed by atoms with Crippen molar-refractivity contribution in [2.24, 2.45) is 0 Å². The average molecular weight is 336 g/mol. The SMILES string of the molecule is O=C(Nc1cc(C(F)(F)F)ccc1Cl)c1ccc(Cl)nn1. The van der Waals surface area contributed by atoms with Gasteiger partial charge in [0.2, 0.25) is 0 Å². The van der Waals surface area contributed by atoms with Crippen molar-refractivity contribution in [3.63, 3.8) is 0 Å². The van der Waals surface area contributed by atoms with Gasteiger partial charge in [-0.1, -0.05) is 23.2 Å². The molecular formula is C12H6Cl2F3N3O. The van der Waals surface area contributed by atoms with E-state index < -0.39 is 17.6 Å². The zero-order chi connectivity index (χ0) is 15.6. The lowest BCUT2D eigenvalue weighted by Gasteiger charge is -2.11. The summed E-state index contributed by atoms with van der Waals surface area (Å²) in [6.45, 7) is 0. The van der Waals surface area contributed by atoms with Crippen LogP contribution in [0.3, 0.4) is 0 Å². The molecule has 0 radical (unpaired) electrons. The van der Waals surface area contributed by atoms with Crippen LogP contribution in [-0.4, -0.2) is 16.1 Å². The van der Waals surface area contributed by atoms with E-state index in [1.807, 2.05) is 0 Å². The number of rotatable bonds is 2. The van der Waals surface area contributed by atoms with Gasteiger partial charge in [0.05, 0.1) is 16.3 Å². The second kappa shape index (κ2) is 5.87. The van der Waals surface area contributed by atoms with Crippen LogP contribution < -0.4 is 5.32 Å². The zero-order valence-corrected chi connectivity index (χ0v) is 11.6. The quantitative estimate of drug-likeness (QED) is 0.900. The van der Waals surface area contributed by atoms with E-state index in [1.54, 1.807) is 0 Å². The predicted octanol–water partition coefficient (Wildman–Crippen LogP) is 4.05. The number of benzene rings is 1. The number of carbonyl (C=O) groups excluding carboxylic acids is 1. The summed E-state index contributed by atoms with van der Waals surface area (Å²) in [5, 5.41) is 9.28. The van der Waals surface area contributed by atoms with Gasteiger partial charge in [-0.2, -0.15) is 13.2 Å². The Bertz CT molecular complexity index is 674. The summed E-state index contributed by atoms with van der Waals surface area (Å²) >= 11 is 11.3. The van der Waals surface area contributed by atoms with E-state index in [9.17, 15) is 18.0 Å². The van der Waals surface area contributed by atoms with Crippen molar-refractivity contribution in [3.05, 3.63) is 51.8 Å². The van der Waals surface area contributed by atoms with Crippen molar-refractivity contribution in [2.45, 2.75) is 6.18 Å². The van der Waals surface area contributed by atoms with Gasteiger partial charge in [-0.15, -0.1) is 10.2 Å². The number of hydrogen-bond acceptors (Lipinski definition) is 3. The molecule has 110 valence electrons. The molecule has 9 heteroatoms. The fraction of sp³-hybridized carbons (Fsp3) is 0.0833. The second-order valence-electron chi connectivity index (χ2n) is 3.89. The molecule has 1 aromatic carbocycles. The minimum absolute atomic E-state index is 0.0294. The third-order valence-electron chi connectivity index (χ3n) is 2.41. The number of carbonyl (C=O) groups is 1. The molecule has 0 aliphatic heterocycles. The Balaban J connectivity index is 2.26. The highest BCUT2D eigenvalue weighted by atomic mass is 35.5. The molecule has 4 nitrogen and oxygen atoms in total. The molecule has 1 aromatic heterocycles. The first kappa shape index (κ1) is 15.5. The minimum Gasteiger partial charge on any atom is -0.319 e. The fourth-order valence-corrected chi connectivity index (χ4v) is 1.69. The van der Waals surface area contributed by atoms with E-state index in [0.29, 0.717) is 0 Å². The molecule has 1 heterocycles. The molecule has 21 heavy (non-hydrogen) atoms. The topological polar surface area (TPSA) is 54.9 Å². The Hall–Kier alpha value is -1.86. The lowest BCUT2D eigenvalue weighted by molar-refractivity contribution is -0.137. The fourth-order valence-electron chi connectivity index (χ4n) is 1.42. The number of nitrogens with zero attached hydrogens (tertiary/aromatic N) is 2. The van der Waals surface area contributed by atoms with Crippen LogP contribution in [0.1, 0.15) is 16.1 Å². The lowest BCUT2D eigenvalue weighted by Crippen LogP contribution is -2.15. The largest absolute Gasteiger partial charge is 0.416 e. The molecule has 0 aliphatic carbocycles. The van der Waals surface area contributed by atoms with Gasteiger partial charge in [0.15, 0.2) is 10.8 Å². The first-order valence-corrected chi connectivity index (χ1v) is 6.20. The molecule has 0 saturated heterocycles. The van der Waals surface area contributed by atoms with Crippen molar-refractivity contribution in [1.82, 2.24) is 10.2 Å². The summed E-state index contributed by atoms with van der Waals surface area (Å²) in [5.41, 5.74) is -1.20. The van der Waals surface area contributed by atoms with Crippen LogP contribution in [0.5, 0.6) is 0 Å². The second-order valence-corrected chi connectivity index (χ2v) is 4.68. The number of aromatic nitrogens is 2. The minimum atomic E-state index is -4.54. The van der Waals surface area contributed by atoms with Crippen LogP contribution >= 0.6 is 23.2 Å². The van der Waals surface area contributed by atoms with Crippen LogP contribution in [-0.2, 0) is 6.18 Å². The number of halogens is 5. The molecule has 2 rings (SSSR count). The maximum absolute atomic E-state index is 12.6. The molecular weight excluding hydrogens is 330 g/mol. The van der Waals surface area contributed by atoms with Crippen LogP contribution in [0, 0.1) is 0 Å². The van der Waals surface area contributed by atoms with Crippen LogP contribution in [0.2, 0.25) is 10.2 Å². The Morgan fingerprint density at radius 2 is 1.81 bits per heavy atom. The van der Waals surface area contributed by atoms with Gasteiger partial charge in [-0.25, -0.2) is 0 Å². The van der Waals surface area contributed by atoms with E-state index in [-0.39, 0.29) is 21.6 Å². The number of alkyl halides is 3. The molecule has 0 spiro atoms. The van der Waals surface area contributed by atoms with Crippen molar-refractivity contribution >= 4 is 34.8 Å². The van der Waals surface area contributed by atoms with Gasteiger partial charge < -0.3 is 5.32 Å². The van der Waals surface area contributed by atoms with E-state index in [0.717, 1.165) is 18.2 Å². The third-order valence-corrected chi connectivity index (χ3v) is 2.94. The summed E-state index contributed by atoms with van der Waals surface area (Å²) in [4.78, 5) is 11.8. The molecule has 0 fully saturated rings. The van der Waals surface area contributed by atoms with Crippen LogP contribution in [0.4, 0.5) is 18.9 Å². The maximum atomic E-state index is 12.6. The molecule has 1 amide bonds. The normalized spacial score (nSPS) is 11.3. The van der Waals surface area contributed by atoms with Gasteiger partial charge >= 0.3 is 6.18 Å². The van der Waals surface area contributed by atoms with E-state index >= 15 is 0 Å². The average Bonchev–Trinajstić information content (AvgIpc) is 2.40. The van der Waals surface area contributed by atoms with Crippen molar-refractivity contribution in [3.8, 4) is 0 Å². The van der Waals surface area contributed by atoms with Crippen molar-refractivity contribution in [1.29, 1.82) is 0 Å². The lowest BCUT2D eigenvalue weighted by atomic mass is 10.2. The maximum Gasteiger partial charge on any atom is 0.416 e. The molecule has 0 aliphatic rings. The Morgan fingerprint density at radius 1 is 1.10 bits per heavy atom. The standard InChI is InChI=1S/C12H6Cl2F3N3O/c13-7-2-1-6(12(15,16)17)5-9(7)18-11(21)8-3-4-10(14)20-19-8/h1-5H,(H,18,21). The van der Waals surface area contributed by atoms with Crippen LogP contribution in [0.25, 0.3) is 0 Å². The summed E-state index contributed by atoms with van der Waals surface area (Å²) < 4.78 is 37.8. The Labute approximate surface area is 126 Å². The summed E-state index contributed by atoms with van der Waals surface area (Å²) in [6.07, 6.45) is -4.54. The number of nitrogens with one attached hydrogen (secondary N) is 1.